The number of ether oxygens (including phenoxy) is 1. The van der Waals surface area contributed by atoms with Gasteiger partial charge in [0.1, 0.15) is 0 Å². The largest absolute Gasteiger partial charge is 0.476 e. The molecule has 7 nitrogen and oxygen atoms in total. The summed E-state index contributed by atoms with van der Waals surface area (Å²) in [5, 5.41) is 16.1. The van der Waals surface area contributed by atoms with Gasteiger partial charge in [0.2, 0.25) is 0 Å². The number of rotatable bonds is 2. The predicted octanol–water partition coefficient (Wildman–Crippen LogP) is -0.392. The molecule has 0 radical (unpaired) electrons. The van der Waals surface area contributed by atoms with Crippen molar-refractivity contribution in [1.82, 2.24) is 10.2 Å². The van der Waals surface area contributed by atoms with E-state index in [1.807, 2.05) is 4.90 Å². The molecule has 1 aromatic rings. The van der Waals surface area contributed by atoms with E-state index in [0.29, 0.717) is 19.0 Å². The third-order valence-corrected chi connectivity index (χ3v) is 2.20. The predicted molar refractivity (Wildman–Crippen MR) is 62.9 cm³/mol. The van der Waals surface area contributed by atoms with Gasteiger partial charge < -0.3 is 20.2 Å². The van der Waals surface area contributed by atoms with Crippen LogP contribution in [0.2, 0.25) is 0 Å². The van der Waals surface area contributed by atoms with Crippen LogP contribution in [0.3, 0.4) is 0 Å². The Morgan fingerprint density at radius 3 is 2.41 bits per heavy atom. The van der Waals surface area contributed by atoms with E-state index >= 15 is 0 Å². The summed E-state index contributed by atoms with van der Waals surface area (Å²) in [5.74, 6) is -0.362. The fourth-order valence-electron chi connectivity index (χ4n) is 1.40. The molecule has 17 heavy (non-hydrogen) atoms. The number of hydrogen-bond donors (Lipinski definition) is 1. The van der Waals surface area contributed by atoms with Crippen molar-refractivity contribution in [2.45, 2.75) is 0 Å². The SMILES string of the molecule is Cl.O.O=C(O)c1ccc(N2CCOCC2)nn1. The number of carboxylic acid groups (broad SMARTS) is 1. The Morgan fingerprint density at radius 1 is 1.29 bits per heavy atom. The first-order valence-corrected chi connectivity index (χ1v) is 4.67. The average molecular weight is 264 g/mol. The third kappa shape index (κ3) is 3.81. The molecule has 2 heterocycles. The van der Waals surface area contributed by atoms with Gasteiger partial charge in [0.25, 0.3) is 0 Å². The Balaban J connectivity index is 0.00000128. The molecule has 1 saturated heterocycles. The fraction of sp³-hybridized carbons (Fsp3) is 0.444. The molecular weight excluding hydrogens is 250 g/mol. The smallest absolute Gasteiger partial charge is 0.356 e. The normalized spacial score (nSPS) is 14.5. The topological polar surface area (TPSA) is 107 Å². The molecule has 0 bridgehead atoms. The van der Waals surface area contributed by atoms with Crippen molar-refractivity contribution in [1.29, 1.82) is 0 Å². The number of halogens is 1. The van der Waals surface area contributed by atoms with Crippen LogP contribution in [0.4, 0.5) is 5.82 Å². The van der Waals surface area contributed by atoms with Gasteiger partial charge in [-0.2, -0.15) is 0 Å². The number of nitrogens with zero attached hydrogens (tertiary/aromatic N) is 3. The summed E-state index contributed by atoms with van der Waals surface area (Å²) in [6, 6.07) is 3.13. The number of aromatic nitrogens is 2. The lowest BCUT2D eigenvalue weighted by atomic mass is 10.3. The Kier molecular flexibility index (Phi) is 6.40. The van der Waals surface area contributed by atoms with E-state index in [0.717, 1.165) is 13.1 Å². The lowest BCUT2D eigenvalue weighted by Crippen LogP contribution is -2.36. The number of aromatic carboxylic acids is 1. The summed E-state index contributed by atoms with van der Waals surface area (Å²) in [6.45, 7) is 2.87. The average Bonchev–Trinajstić information content (AvgIpc) is 2.30. The van der Waals surface area contributed by atoms with Crippen molar-refractivity contribution in [2.75, 3.05) is 31.2 Å². The molecule has 2 rings (SSSR count). The van der Waals surface area contributed by atoms with Crippen molar-refractivity contribution in [3.05, 3.63) is 17.8 Å². The van der Waals surface area contributed by atoms with Crippen molar-refractivity contribution in [3.8, 4) is 0 Å². The van der Waals surface area contributed by atoms with Gasteiger partial charge in [-0.15, -0.1) is 22.6 Å². The van der Waals surface area contributed by atoms with Crippen molar-refractivity contribution in [3.63, 3.8) is 0 Å². The van der Waals surface area contributed by atoms with Crippen LogP contribution in [0.5, 0.6) is 0 Å². The molecule has 1 fully saturated rings. The number of morpholine rings is 1. The van der Waals surface area contributed by atoms with E-state index in [4.69, 9.17) is 9.84 Å². The maximum absolute atomic E-state index is 10.6. The Hall–Kier alpha value is -1.44. The van der Waals surface area contributed by atoms with Crippen LogP contribution in [0, 0.1) is 0 Å². The molecule has 0 amide bonds. The van der Waals surface area contributed by atoms with Gasteiger partial charge >= 0.3 is 5.97 Å². The van der Waals surface area contributed by atoms with E-state index in [1.54, 1.807) is 6.07 Å². The lowest BCUT2D eigenvalue weighted by Gasteiger charge is -2.27. The summed E-state index contributed by atoms with van der Waals surface area (Å²) in [6.07, 6.45) is 0. The number of hydrogen-bond acceptors (Lipinski definition) is 5. The molecule has 3 N–H and O–H groups in total. The van der Waals surface area contributed by atoms with Crippen LogP contribution in [0.1, 0.15) is 10.5 Å². The molecule has 1 aromatic heterocycles. The zero-order valence-electron chi connectivity index (χ0n) is 9.00. The van der Waals surface area contributed by atoms with E-state index in [1.165, 1.54) is 6.07 Å². The second kappa shape index (κ2) is 7.00. The highest BCUT2D eigenvalue weighted by Crippen LogP contribution is 2.11. The summed E-state index contributed by atoms with van der Waals surface area (Å²) in [5.41, 5.74) is -0.0352. The zero-order valence-corrected chi connectivity index (χ0v) is 9.81. The highest BCUT2D eigenvalue weighted by molar-refractivity contribution is 5.85. The summed E-state index contributed by atoms with van der Waals surface area (Å²) >= 11 is 0. The molecule has 1 aliphatic heterocycles. The Morgan fingerprint density at radius 2 is 1.94 bits per heavy atom. The summed E-state index contributed by atoms with van der Waals surface area (Å²) in [4.78, 5) is 12.6. The molecule has 0 spiro atoms. The minimum absolute atomic E-state index is 0. The molecule has 8 heteroatoms. The van der Waals surface area contributed by atoms with Gasteiger partial charge in [-0.1, -0.05) is 0 Å². The first-order chi connectivity index (χ1) is 7.27. The standard InChI is InChI=1S/C9H11N3O3.ClH.H2O/c13-9(14)7-1-2-8(11-10-7)12-3-5-15-6-4-12;;/h1-2H,3-6H2,(H,13,14);1H;1H2. The highest BCUT2D eigenvalue weighted by Gasteiger charge is 2.13. The van der Waals surface area contributed by atoms with E-state index in [2.05, 4.69) is 10.2 Å². The van der Waals surface area contributed by atoms with Crippen LogP contribution in [-0.2, 0) is 4.74 Å². The van der Waals surface area contributed by atoms with Crippen LogP contribution >= 0.6 is 12.4 Å². The molecule has 96 valence electrons. The quantitative estimate of drug-likeness (QED) is 0.779. The monoisotopic (exact) mass is 263 g/mol. The maximum Gasteiger partial charge on any atom is 0.356 e. The lowest BCUT2D eigenvalue weighted by molar-refractivity contribution is 0.0689. The van der Waals surface area contributed by atoms with Gasteiger partial charge in [-0.25, -0.2) is 4.79 Å². The molecular formula is C9H14ClN3O4. The molecule has 0 unspecified atom stereocenters. The second-order valence-corrected chi connectivity index (χ2v) is 3.18. The number of carbonyl (C=O) groups is 1. The summed E-state index contributed by atoms with van der Waals surface area (Å²) < 4.78 is 5.20. The minimum atomic E-state index is -1.06. The molecule has 0 aliphatic carbocycles. The molecule has 0 aromatic carbocycles. The van der Waals surface area contributed by atoms with Crippen LogP contribution in [0.25, 0.3) is 0 Å². The van der Waals surface area contributed by atoms with E-state index in [-0.39, 0.29) is 23.6 Å². The van der Waals surface area contributed by atoms with E-state index < -0.39 is 5.97 Å². The highest BCUT2D eigenvalue weighted by atomic mass is 35.5. The Bertz CT molecular complexity index is 354. The van der Waals surface area contributed by atoms with Crippen molar-refractivity contribution < 1.29 is 20.1 Å². The van der Waals surface area contributed by atoms with Gasteiger partial charge in [-0.05, 0) is 12.1 Å². The second-order valence-electron chi connectivity index (χ2n) is 3.18. The van der Waals surface area contributed by atoms with Crippen LogP contribution < -0.4 is 4.90 Å². The van der Waals surface area contributed by atoms with Gasteiger partial charge in [0.05, 0.1) is 13.2 Å². The molecule has 0 saturated carbocycles. The van der Waals surface area contributed by atoms with Crippen molar-refractivity contribution in [2.24, 2.45) is 0 Å². The third-order valence-electron chi connectivity index (χ3n) is 2.20. The van der Waals surface area contributed by atoms with Gasteiger partial charge in [0.15, 0.2) is 11.5 Å². The zero-order chi connectivity index (χ0) is 10.7. The summed E-state index contributed by atoms with van der Waals surface area (Å²) in [7, 11) is 0. The number of anilines is 1. The molecule has 1 aliphatic rings. The van der Waals surface area contributed by atoms with Crippen LogP contribution in [0.15, 0.2) is 12.1 Å². The molecule has 0 atom stereocenters. The minimum Gasteiger partial charge on any atom is -0.476 e. The van der Waals surface area contributed by atoms with E-state index in [9.17, 15) is 4.79 Å². The van der Waals surface area contributed by atoms with Crippen LogP contribution in [-0.4, -0.2) is 53.1 Å². The van der Waals surface area contributed by atoms with Gasteiger partial charge in [-0.3, -0.25) is 0 Å². The first-order valence-electron chi connectivity index (χ1n) is 4.67. The maximum atomic E-state index is 10.6. The number of carboxylic acids is 1. The van der Waals surface area contributed by atoms with Gasteiger partial charge in [0, 0.05) is 13.1 Å². The van der Waals surface area contributed by atoms with Crippen molar-refractivity contribution >= 4 is 24.2 Å². The Labute approximate surface area is 104 Å². The fourth-order valence-corrected chi connectivity index (χ4v) is 1.40. The first kappa shape index (κ1) is 15.6.